The third-order valence-electron chi connectivity index (χ3n) is 4.12. The molecule has 0 atom stereocenters. The van der Waals surface area contributed by atoms with Gasteiger partial charge in [0, 0.05) is 6.42 Å². The van der Waals surface area contributed by atoms with E-state index in [0.717, 1.165) is 16.7 Å². The van der Waals surface area contributed by atoms with E-state index in [9.17, 15) is 4.79 Å². The maximum absolute atomic E-state index is 12.3. The summed E-state index contributed by atoms with van der Waals surface area (Å²) < 4.78 is 6.13. The van der Waals surface area contributed by atoms with Crippen LogP contribution in [0.15, 0.2) is 45.7 Å². The molecular weight excluding hydrogens is 420 g/mol. The minimum absolute atomic E-state index is 0.156. The van der Waals surface area contributed by atoms with E-state index in [1.54, 1.807) is 24.3 Å². The zero-order valence-electron chi connectivity index (χ0n) is 15.2. The Morgan fingerprint density at radius 2 is 1.68 bits per heavy atom. The number of nitrogens with one attached hydrogen (secondary N) is 1. The van der Waals surface area contributed by atoms with Crippen molar-refractivity contribution < 1.29 is 4.74 Å². The van der Waals surface area contributed by atoms with Crippen molar-refractivity contribution in [3.8, 4) is 23.8 Å². The number of benzene rings is 2. The Hall–Kier alpha value is -3.42. The van der Waals surface area contributed by atoms with Crippen molar-refractivity contribution >= 4 is 15.9 Å². The lowest BCUT2D eigenvalue weighted by Crippen LogP contribution is -2.14. The number of H-pyrrole nitrogens is 1. The predicted molar refractivity (Wildman–Crippen MR) is 107 cm³/mol. The van der Waals surface area contributed by atoms with Crippen molar-refractivity contribution in [3.63, 3.8) is 0 Å². The molecule has 0 spiro atoms. The largest absolute Gasteiger partial charge is 0.437 e. The molecule has 0 aliphatic carbocycles. The average Bonchev–Trinajstić information content (AvgIpc) is 2.68. The summed E-state index contributed by atoms with van der Waals surface area (Å²) in [7, 11) is 0. The van der Waals surface area contributed by atoms with Gasteiger partial charge in [-0.25, -0.2) is 0 Å². The minimum atomic E-state index is -0.349. The van der Waals surface area contributed by atoms with Gasteiger partial charge in [-0.2, -0.15) is 15.5 Å². The van der Waals surface area contributed by atoms with Crippen LogP contribution in [0.4, 0.5) is 0 Å². The summed E-state index contributed by atoms with van der Waals surface area (Å²) in [5, 5.41) is 18.0. The molecular formula is C21H15BrN4O2. The normalized spacial score (nSPS) is 10.2. The lowest BCUT2D eigenvalue weighted by molar-refractivity contribution is 0.447. The van der Waals surface area contributed by atoms with E-state index >= 15 is 0 Å². The third-order valence-corrected chi connectivity index (χ3v) is 4.82. The van der Waals surface area contributed by atoms with Crippen LogP contribution in [0.3, 0.4) is 0 Å². The molecule has 0 unspecified atom stereocenters. The van der Waals surface area contributed by atoms with Crippen molar-refractivity contribution in [3.05, 3.63) is 84.9 Å². The highest BCUT2D eigenvalue weighted by Gasteiger charge is 2.15. The summed E-state index contributed by atoms with van der Waals surface area (Å²) in [5.41, 5.74) is 3.22. The molecule has 0 saturated heterocycles. The Balaban J connectivity index is 1.95. The van der Waals surface area contributed by atoms with E-state index in [2.05, 4.69) is 38.0 Å². The highest BCUT2D eigenvalue weighted by Crippen LogP contribution is 2.31. The number of aromatic amines is 1. The molecule has 0 aliphatic rings. The highest BCUT2D eigenvalue weighted by atomic mass is 79.9. The van der Waals surface area contributed by atoms with Crippen LogP contribution < -0.4 is 10.3 Å². The first-order valence-corrected chi connectivity index (χ1v) is 9.17. The molecule has 1 N–H and O–H groups in total. The molecule has 0 fully saturated rings. The number of halogens is 1. The number of hydrogen-bond donors (Lipinski definition) is 1. The summed E-state index contributed by atoms with van der Waals surface area (Å²) in [4.78, 5) is 19.5. The van der Waals surface area contributed by atoms with E-state index in [-0.39, 0.29) is 15.9 Å². The fraction of sp³-hybridized carbons (Fsp3) is 0.143. The van der Waals surface area contributed by atoms with Gasteiger partial charge in [0.05, 0.1) is 23.3 Å². The van der Waals surface area contributed by atoms with Gasteiger partial charge in [-0.3, -0.25) is 4.79 Å². The molecule has 3 rings (SSSR count). The smallest absolute Gasteiger partial charge is 0.269 e. The van der Waals surface area contributed by atoms with Crippen LogP contribution in [0.2, 0.25) is 0 Å². The molecule has 7 heteroatoms. The Labute approximate surface area is 170 Å². The second-order valence-corrected chi connectivity index (χ2v) is 7.06. The van der Waals surface area contributed by atoms with E-state index in [1.165, 1.54) is 0 Å². The van der Waals surface area contributed by atoms with Crippen LogP contribution in [0.5, 0.6) is 11.6 Å². The van der Waals surface area contributed by atoms with Crippen molar-refractivity contribution in [1.29, 1.82) is 10.5 Å². The quantitative estimate of drug-likeness (QED) is 0.659. The third kappa shape index (κ3) is 4.11. The van der Waals surface area contributed by atoms with Crippen LogP contribution >= 0.6 is 15.9 Å². The topological polar surface area (TPSA) is 103 Å². The number of aryl methyl sites for hydroxylation is 2. The number of nitriles is 2. The fourth-order valence-corrected chi connectivity index (χ4v) is 3.07. The zero-order valence-corrected chi connectivity index (χ0v) is 16.8. The molecule has 3 aromatic rings. The molecule has 138 valence electrons. The second-order valence-electron chi connectivity index (χ2n) is 6.27. The SMILES string of the molecule is Cc1cc(C#N)cc(C)c1Oc1nc(Cc2ccc(C#N)cc2)[nH]c(=O)c1Br. The van der Waals surface area contributed by atoms with Crippen molar-refractivity contribution in [1.82, 2.24) is 9.97 Å². The zero-order chi connectivity index (χ0) is 20.3. The Morgan fingerprint density at radius 1 is 1.07 bits per heavy atom. The van der Waals surface area contributed by atoms with Crippen LogP contribution in [0.25, 0.3) is 0 Å². The number of rotatable bonds is 4. The molecule has 1 heterocycles. The highest BCUT2D eigenvalue weighted by molar-refractivity contribution is 9.10. The number of ether oxygens (including phenoxy) is 1. The van der Waals surface area contributed by atoms with Gasteiger partial charge in [0.2, 0.25) is 5.88 Å². The summed E-state index contributed by atoms with van der Waals surface area (Å²) in [6.07, 6.45) is 0.385. The van der Waals surface area contributed by atoms with Gasteiger partial charge in [0.25, 0.3) is 5.56 Å². The van der Waals surface area contributed by atoms with Crippen LogP contribution in [0.1, 0.15) is 33.6 Å². The average molecular weight is 435 g/mol. The van der Waals surface area contributed by atoms with Crippen molar-refractivity contribution in [2.75, 3.05) is 0 Å². The number of nitrogens with zero attached hydrogens (tertiary/aromatic N) is 3. The first kappa shape index (κ1) is 19.3. The van der Waals surface area contributed by atoms with Crippen molar-refractivity contribution in [2.45, 2.75) is 20.3 Å². The Bertz CT molecular complexity index is 1160. The minimum Gasteiger partial charge on any atom is -0.437 e. The molecule has 28 heavy (non-hydrogen) atoms. The van der Waals surface area contributed by atoms with Gasteiger partial charge < -0.3 is 9.72 Å². The van der Waals surface area contributed by atoms with Gasteiger partial charge in [-0.15, -0.1) is 0 Å². The monoisotopic (exact) mass is 434 g/mol. The van der Waals surface area contributed by atoms with E-state index in [4.69, 9.17) is 15.3 Å². The molecule has 2 aromatic carbocycles. The predicted octanol–water partition coefficient (Wildman–Crippen LogP) is 4.28. The standard InChI is InChI=1S/C21H15BrN4O2/c1-12-7-16(11-24)8-13(2)19(12)28-21-18(22)20(27)25-17(26-21)9-14-3-5-15(10-23)6-4-14/h3-8H,9H2,1-2H3,(H,25,26,27). The van der Waals surface area contributed by atoms with E-state index in [0.29, 0.717) is 29.1 Å². The maximum atomic E-state index is 12.3. The summed E-state index contributed by atoms with van der Waals surface area (Å²) in [5.74, 6) is 1.15. The second kappa shape index (κ2) is 8.08. The van der Waals surface area contributed by atoms with Crippen LogP contribution in [-0.4, -0.2) is 9.97 Å². The molecule has 6 nitrogen and oxygen atoms in total. The first-order chi connectivity index (χ1) is 13.4. The lowest BCUT2D eigenvalue weighted by Gasteiger charge is -2.13. The van der Waals surface area contributed by atoms with Gasteiger partial charge in [-0.1, -0.05) is 12.1 Å². The van der Waals surface area contributed by atoms with Gasteiger partial charge in [0.1, 0.15) is 16.0 Å². The number of aromatic nitrogens is 2. The van der Waals surface area contributed by atoms with Gasteiger partial charge >= 0.3 is 0 Å². The first-order valence-electron chi connectivity index (χ1n) is 8.38. The van der Waals surface area contributed by atoms with Crippen LogP contribution in [0, 0.1) is 36.5 Å². The van der Waals surface area contributed by atoms with E-state index in [1.807, 2.05) is 26.0 Å². The number of hydrogen-bond acceptors (Lipinski definition) is 5. The van der Waals surface area contributed by atoms with Gasteiger partial charge in [0.15, 0.2) is 0 Å². The summed E-state index contributed by atoms with van der Waals surface area (Å²) >= 11 is 3.23. The maximum Gasteiger partial charge on any atom is 0.269 e. The molecule has 1 aromatic heterocycles. The van der Waals surface area contributed by atoms with E-state index < -0.39 is 0 Å². The molecule has 0 amide bonds. The molecule has 0 aliphatic heterocycles. The van der Waals surface area contributed by atoms with Crippen LogP contribution in [-0.2, 0) is 6.42 Å². The molecule has 0 saturated carbocycles. The Kier molecular flexibility index (Phi) is 5.58. The summed E-state index contributed by atoms with van der Waals surface area (Å²) in [6, 6.07) is 14.7. The lowest BCUT2D eigenvalue weighted by atomic mass is 10.1. The Morgan fingerprint density at radius 3 is 2.25 bits per heavy atom. The fourth-order valence-electron chi connectivity index (χ4n) is 2.80. The van der Waals surface area contributed by atoms with Gasteiger partial charge in [-0.05, 0) is 70.7 Å². The summed E-state index contributed by atoms with van der Waals surface area (Å²) in [6.45, 7) is 3.67. The van der Waals surface area contributed by atoms with Crippen molar-refractivity contribution in [2.24, 2.45) is 0 Å². The molecule has 0 radical (unpaired) electrons. The molecule has 0 bridgehead atoms.